The third-order valence-corrected chi connectivity index (χ3v) is 7.06. The van der Waals surface area contributed by atoms with Gasteiger partial charge in [0, 0.05) is 18.8 Å². The molecule has 7 nitrogen and oxygen atoms in total. The minimum absolute atomic E-state index is 0.571. The van der Waals surface area contributed by atoms with Crippen LogP contribution in [0.5, 0.6) is 5.75 Å². The number of likely N-dealkylation sites (tertiary alicyclic amines) is 1. The molecular weight excluding hydrogens is 396 g/mol. The normalized spacial score (nSPS) is 19.2. The van der Waals surface area contributed by atoms with E-state index in [1.165, 1.54) is 14.6 Å². The Balaban J connectivity index is 1.20. The van der Waals surface area contributed by atoms with Gasteiger partial charge in [0.25, 0.3) is 0 Å². The zero-order valence-corrected chi connectivity index (χ0v) is 17.8. The number of benzene rings is 2. The minimum Gasteiger partial charge on any atom is -0.497 e. The van der Waals surface area contributed by atoms with Crippen molar-refractivity contribution in [3.8, 4) is 5.75 Å². The van der Waals surface area contributed by atoms with Crippen LogP contribution in [0, 0.1) is 0 Å². The summed E-state index contributed by atoms with van der Waals surface area (Å²) in [5.41, 5.74) is 2.29. The summed E-state index contributed by atoms with van der Waals surface area (Å²) in [4.78, 5) is 6.41. The number of aromatic nitrogens is 5. The van der Waals surface area contributed by atoms with Crippen molar-refractivity contribution in [3.05, 3.63) is 64.9 Å². The van der Waals surface area contributed by atoms with Gasteiger partial charge >= 0.3 is 0 Å². The van der Waals surface area contributed by atoms with Gasteiger partial charge in [0.1, 0.15) is 12.3 Å². The van der Waals surface area contributed by atoms with Gasteiger partial charge in [-0.1, -0.05) is 24.3 Å². The highest BCUT2D eigenvalue weighted by Crippen LogP contribution is 2.31. The van der Waals surface area contributed by atoms with E-state index in [0.717, 1.165) is 55.1 Å². The lowest BCUT2D eigenvalue weighted by atomic mass is 9.97. The van der Waals surface area contributed by atoms with E-state index in [4.69, 9.17) is 9.72 Å². The minimum atomic E-state index is 0.571. The van der Waals surface area contributed by atoms with Crippen molar-refractivity contribution < 1.29 is 9.64 Å². The fourth-order valence-electron chi connectivity index (χ4n) is 4.11. The van der Waals surface area contributed by atoms with Crippen molar-refractivity contribution in [2.75, 3.05) is 20.2 Å². The number of methoxy groups -OCH3 is 1. The maximum Gasteiger partial charge on any atom is 0.206 e. The molecule has 1 saturated heterocycles. The SMILES string of the molecule is COc1ccc(Cn2nnnc2C[NH+]2CCC(c3nc4ccccc4s3)CC2)cc1. The van der Waals surface area contributed by atoms with Crippen LogP contribution in [-0.2, 0) is 13.1 Å². The molecule has 1 aliphatic rings. The Morgan fingerprint density at radius 3 is 2.67 bits per heavy atom. The molecule has 0 radical (unpaired) electrons. The molecule has 0 bridgehead atoms. The van der Waals surface area contributed by atoms with Crippen LogP contribution in [0.25, 0.3) is 10.2 Å². The fourth-order valence-corrected chi connectivity index (χ4v) is 5.25. The second-order valence-electron chi connectivity index (χ2n) is 7.82. The van der Waals surface area contributed by atoms with E-state index in [0.29, 0.717) is 12.5 Å². The van der Waals surface area contributed by atoms with Gasteiger partial charge in [-0.2, -0.15) is 0 Å². The Bertz CT molecular complexity index is 1080. The zero-order chi connectivity index (χ0) is 20.3. The maximum atomic E-state index is 5.23. The summed E-state index contributed by atoms with van der Waals surface area (Å²) in [5.74, 6) is 2.37. The number of ether oxygens (including phenoxy) is 1. The highest BCUT2D eigenvalue weighted by molar-refractivity contribution is 7.18. The molecule has 30 heavy (non-hydrogen) atoms. The first kappa shape index (κ1) is 19.1. The number of piperidine rings is 1. The van der Waals surface area contributed by atoms with E-state index in [-0.39, 0.29) is 0 Å². The van der Waals surface area contributed by atoms with Gasteiger partial charge in [-0.3, -0.25) is 0 Å². The first-order chi connectivity index (χ1) is 14.8. The Hall–Kier alpha value is -2.84. The first-order valence-corrected chi connectivity index (χ1v) is 11.2. The molecule has 0 amide bonds. The number of hydrogen-bond donors (Lipinski definition) is 1. The van der Waals surface area contributed by atoms with Gasteiger partial charge in [-0.25, -0.2) is 9.67 Å². The summed E-state index contributed by atoms with van der Waals surface area (Å²) in [5, 5.41) is 13.7. The molecule has 0 spiro atoms. The number of rotatable bonds is 6. The van der Waals surface area contributed by atoms with E-state index < -0.39 is 0 Å². The molecule has 1 N–H and O–H groups in total. The van der Waals surface area contributed by atoms with Crippen LogP contribution in [0.1, 0.15) is 35.2 Å². The van der Waals surface area contributed by atoms with Crippen molar-refractivity contribution in [2.45, 2.75) is 31.8 Å². The lowest BCUT2D eigenvalue weighted by Crippen LogP contribution is -3.11. The highest BCUT2D eigenvalue weighted by atomic mass is 32.1. The van der Waals surface area contributed by atoms with E-state index in [1.54, 1.807) is 7.11 Å². The van der Waals surface area contributed by atoms with Crippen LogP contribution in [-0.4, -0.2) is 45.4 Å². The molecule has 3 heterocycles. The molecule has 0 unspecified atom stereocenters. The summed E-state index contributed by atoms with van der Waals surface area (Å²) in [6.45, 7) is 3.77. The number of thiazole rings is 1. The Morgan fingerprint density at radius 1 is 1.10 bits per heavy atom. The van der Waals surface area contributed by atoms with Gasteiger partial charge in [0.05, 0.1) is 42.0 Å². The molecule has 154 valence electrons. The molecule has 0 atom stereocenters. The van der Waals surface area contributed by atoms with Gasteiger partial charge < -0.3 is 9.64 Å². The summed E-state index contributed by atoms with van der Waals surface area (Å²) >= 11 is 1.85. The highest BCUT2D eigenvalue weighted by Gasteiger charge is 2.27. The number of hydrogen-bond acceptors (Lipinski definition) is 6. The fraction of sp³-hybridized carbons (Fsp3) is 0.364. The van der Waals surface area contributed by atoms with Gasteiger partial charge in [0.2, 0.25) is 5.82 Å². The van der Waals surface area contributed by atoms with Crippen molar-refractivity contribution in [2.24, 2.45) is 0 Å². The third kappa shape index (κ3) is 4.06. The predicted molar refractivity (Wildman–Crippen MR) is 116 cm³/mol. The summed E-state index contributed by atoms with van der Waals surface area (Å²) < 4.78 is 8.43. The van der Waals surface area contributed by atoms with Gasteiger partial charge in [0.15, 0.2) is 0 Å². The van der Waals surface area contributed by atoms with Crippen LogP contribution in [0.2, 0.25) is 0 Å². The number of quaternary nitrogens is 1. The smallest absolute Gasteiger partial charge is 0.206 e. The molecule has 0 aliphatic carbocycles. The molecule has 1 aliphatic heterocycles. The van der Waals surface area contributed by atoms with Crippen molar-refractivity contribution >= 4 is 21.6 Å². The molecule has 2 aromatic heterocycles. The van der Waals surface area contributed by atoms with Crippen LogP contribution in [0.4, 0.5) is 0 Å². The van der Waals surface area contributed by atoms with Crippen molar-refractivity contribution in [1.29, 1.82) is 0 Å². The maximum absolute atomic E-state index is 5.23. The Labute approximate surface area is 179 Å². The lowest BCUT2D eigenvalue weighted by molar-refractivity contribution is -0.919. The second-order valence-corrected chi connectivity index (χ2v) is 8.88. The topological polar surface area (TPSA) is 70.2 Å². The summed E-state index contributed by atoms with van der Waals surface area (Å²) in [7, 11) is 1.68. The second kappa shape index (κ2) is 8.49. The molecule has 2 aromatic carbocycles. The van der Waals surface area contributed by atoms with Crippen LogP contribution in [0.15, 0.2) is 48.5 Å². The molecular formula is C22H25N6OS+. The molecule has 8 heteroatoms. The number of tetrazole rings is 1. The molecule has 1 fully saturated rings. The monoisotopic (exact) mass is 421 g/mol. The Morgan fingerprint density at radius 2 is 1.90 bits per heavy atom. The summed E-state index contributed by atoms with van der Waals surface area (Å²) in [6, 6.07) is 16.5. The zero-order valence-electron chi connectivity index (χ0n) is 17.0. The predicted octanol–water partition coefficient (Wildman–Crippen LogP) is 2.30. The molecule has 4 aromatic rings. The van der Waals surface area contributed by atoms with Crippen LogP contribution >= 0.6 is 11.3 Å². The van der Waals surface area contributed by atoms with Crippen LogP contribution < -0.4 is 9.64 Å². The van der Waals surface area contributed by atoms with E-state index in [1.807, 2.05) is 28.2 Å². The molecule has 0 saturated carbocycles. The number of nitrogens with one attached hydrogen (secondary N) is 1. The largest absolute Gasteiger partial charge is 0.497 e. The Kier molecular flexibility index (Phi) is 5.42. The van der Waals surface area contributed by atoms with Crippen molar-refractivity contribution in [1.82, 2.24) is 25.2 Å². The average molecular weight is 422 g/mol. The van der Waals surface area contributed by atoms with E-state index in [9.17, 15) is 0 Å². The van der Waals surface area contributed by atoms with Gasteiger partial charge in [-0.05, 0) is 40.3 Å². The lowest BCUT2D eigenvalue weighted by Gasteiger charge is -2.27. The first-order valence-electron chi connectivity index (χ1n) is 10.4. The number of fused-ring (bicyclic) bond motifs is 1. The quantitative estimate of drug-likeness (QED) is 0.517. The standard InChI is InChI=1S/C22H24N6OS/c1-29-18-8-6-16(7-9-18)14-28-21(24-25-26-28)15-27-12-10-17(11-13-27)22-23-19-4-2-3-5-20(19)30-22/h2-9,17H,10-15H2,1H3/p+1. The summed E-state index contributed by atoms with van der Waals surface area (Å²) in [6.07, 6.45) is 2.32. The van der Waals surface area contributed by atoms with E-state index >= 15 is 0 Å². The molecule has 5 rings (SSSR count). The van der Waals surface area contributed by atoms with Crippen molar-refractivity contribution in [3.63, 3.8) is 0 Å². The number of para-hydroxylation sites is 1. The van der Waals surface area contributed by atoms with Gasteiger partial charge in [-0.15, -0.1) is 16.4 Å². The van der Waals surface area contributed by atoms with E-state index in [2.05, 4.69) is 51.9 Å². The van der Waals surface area contributed by atoms with Crippen LogP contribution in [0.3, 0.4) is 0 Å². The number of nitrogens with zero attached hydrogens (tertiary/aromatic N) is 5. The third-order valence-electron chi connectivity index (χ3n) is 5.86. The average Bonchev–Trinajstić information content (AvgIpc) is 3.42.